The minimum Gasteiger partial charge on any atom is -0.384 e. The largest absolute Gasteiger partial charge is 0.384 e. The Labute approximate surface area is 193 Å². The maximum absolute atomic E-state index is 12.2. The fraction of sp³-hybridized carbons (Fsp3) is 0.174. The van der Waals surface area contributed by atoms with E-state index in [1.807, 2.05) is 30.3 Å². The zero-order valence-corrected chi connectivity index (χ0v) is 18.8. The van der Waals surface area contributed by atoms with E-state index >= 15 is 0 Å². The van der Waals surface area contributed by atoms with Crippen molar-refractivity contribution in [3.63, 3.8) is 0 Å². The van der Waals surface area contributed by atoms with E-state index in [-0.39, 0.29) is 25.3 Å². The van der Waals surface area contributed by atoms with Gasteiger partial charge >= 0.3 is 0 Å². The Morgan fingerprint density at radius 1 is 1.09 bits per heavy atom. The van der Waals surface area contributed by atoms with E-state index in [4.69, 9.17) is 5.73 Å². The van der Waals surface area contributed by atoms with Crippen molar-refractivity contribution in [2.24, 2.45) is 0 Å². The number of hydrogen-bond acceptors (Lipinski definition) is 7. The van der Waals surface area contributed by atoms with Crippen LogP contribution in [-0.4, -0.2) is 39.4 Å². The van der Waals surface area contributed by atoms with Gasteiger partial charge in [0.15, 0.2) is 0 Å². The zero-order valence-electron chi connectivity index (χ0n) is 17.8. The van der Waals surface area contributed by atoms with Crippen molar-refractivity contribution in [3.05, 3.63) is 72.3 Å². The lowest BCUT2D eigenvalue weighted by molar-refractivity contribution is 0.0964. The summed E-state index contributed by atoms with van der Waals surface area (Å²) in [5.41, 5.74) is 9.80. The molecule has 0 aliphatic carbocycles. The third-order valence-corrected chi connectivity index (χ3v) is 5.14. The highest BCUT2D eigenvalue weighted by Crippen LogP contribution is 2.27. The number of hydrogen-bond donors (Lipinski definition) is 3. The van der Waals surface area contributed by atoms with Gasteiger partial charge in [0.25, 0.3) is 5.91 Å². The predicted molar refractivity (Wildman–Crippen MR) is 132 cm³/mol. The van der Waals surface area contributed by atoms with Crippen LogP contribution in [0.1, 0.15) is 28.8 Å². The van der Waals surface area contributed by atoms with Gasteiger partial charge in [-0.05, 0) is 23.8 Å². The molecule has 1 atom stereocenters. The maximum Gasteiger partial charge on any atom is 0.251 e. The summed E-state index contributed by atoms with van der Waals surface area (Å²) in [6.07, 6.45) is 4.89. The second-order valence-corrected chi connectivity index (χ2v) is 7.22. The number of carbonyl (C=O) groups is 1. The molecule has 0 spiro atoms. The first kappa shape index (κ1) is 23.0. The first-order valence-electron chi connectivity index (χ1n) is 9.94. The highest BCUT2D eigenvalue weighted by molar-refractivity contribution is 7.59. The number of benzene rings is 1. The van der Waals surface area contributed by atoms with Crippen molar-refractivity contribution < 1.29 is 4.79 Å². The van der Waals surface area contributed by atoms with Crippen molar-refractivity contribution in [1.82, 2.24) is 25.3 Å². The van der Waals surface area contributed by atoms with Gasteiger partial charge in [-0.25, -0.2) is 15.0 Å². The van der Waals surface area contributed by atoms with E-state index in [0.29, 0.717) is 23.7 Å². The normalized spacial score (nSPS) is 11.4. The number of nitrogens with zero attached hydrogens (tertiary/aromatic N) is 4. The molecular weight excluding hydrogens is 422 g/mol. The van der Waals surface area contributed by atoms with Crippen molar-refractivity contribution in [3.8, 4) is 11.3 Å². The lowest BCUT2D eigenvalue weighted by atomic mass is 9.96. The molecule has 0 fully saturated rings. The van der Waals surface area contributed by atoms with Crippen molar-refractivity contribution in [2.75, 3.05) is 24.6 Å². The SMILES string of the molecule is CNC(=O)c1ccnc2c([C@H](C)CNc3cc(-c4ccc(N)nc4)ncn3)cccc12.S. The van der Waals surface area contributed by atoms with Crippen LogP contribution in [0.3, 0.4) is 0 Å². The summed E-state index contributed by atoms with van der Waals surface area (Å²) in [5, 5.41) is 6.90. The van der Waals surface area contributed by atoms with E-state index in [2.05, 4.69) is 37.5 Å². The van der Waals surface area contributed by atoms with Crippen LogP contribution in [0.15, 0.2) is 61.2 Å². The molecular formula is C23H25N7OS. The average Bonchev–Trinajstić information content (AvgIpc) is 2.82. The molecule has 0 unspecified atom stereocenters. The molecule has 4 rings (SSSR count). The van der Waals surface area contributed by atoms with Crippen molar-refractivity contribution >= 4 is 41.9 Å². The minimum atomic E-state index is -0.124. The van der Waals surface area contributed by atoms with Crippen LogP contribution in [0.4, 0.5) is 11.6 Å². The van der Waals surface area contributed by atoms with Gasteiger partial charge in [0, 0.05) is 48.9 Å². The molecule has 0 saturated carbocycles. The van der Waals surface area contributed by atoms with E-state index in [0.717, 1.165) is 27.7 Å². The highest BCUT2D eigenvalue weighted by Gasteiger charge is 2.15. The van der Waals surface area contributed by atoms with Crippen LogP contribution in [0.2, 0.25) is 0 Å². The Bertz CT molecular complexity index is 1230. The summed E-state index contributed by atoms with van der Waals surface area (Å²) >= 11 is 0. The van der Waals surface area contributed by atoms with Gasteiger partial charge in [0.1, 0.15) is 18.0 Å². The van der Waals surface area contributed by atoms with Gasteiger partial charge in [-0.1, -0.05) is 25.1 Å². The van der Waals surface area contributed by atoms with Gasteiger partial charge in [0.2, 0.25) is 0 Å². The quantitative estimate of drug-likeness (QED) is 0.415. The number of nitrogen functional groups attached to an aromatic ring is 1. The third-order valence-electron chi connectivity index (χ3n) is 5.14. The van der Waals surface area contributed by atoms with Gasteiger partial charge in [0.05, 0.1) is 16.8 Å². The van der Waals surface area contributed by atoms with Crippen LogP contribution in [0.5, 0.6) is 0 Å². The number of anilines is 2. The zero-order chi connectivity index (χ0) is 21.8. The van der Waals surface area contributed by atoms with E-state index in [9.17, 15) is 4.79 Å². The predicted octanol–water partition coefficient (Wildman–Crippen LogP) is 3.36. The molecule has 8 nitrogen and oxygen atoms in total. The van der Waals surface area contributed by atoms with E-state index in [1.165, 1.54) is 6.33 Å². The maximum atomic E-state index is 12.2. The number of para-hydroxylation sites is 1. The number of pyridine rings is 2. The van der Waals surface area contributed by atoms with Crippen molar-refractivity contribution in [1.29, 1.82) is 0 Å². The molecule has 0 bridgehead atoms. The molecule has 3 heterocycles. The Kier molecular flexibility index (Phi) is 7.21. The standard InChI is InChI=1S/C23H23N7O.H2S/c1-14(16-4-3-5-17-18(23(31)25-2)8-9-26-22(16)17)11-28-21-10-19(29-13-30-21)15-6-7-20(24)27-12-15;/h3-10,12-14H,11H2,1-2H3,(H2,24,27)(H,25,31)(H,28,29,30);1H2/t14-;/m1./s1. The summed E-state index contributed by atoms with van der Waals surface area (Å²) in [6.45, 7) is 2.75. The molecule has 9 heteroatoms. The second kappa shape index (κ2) is 10.1. The smallest absolute Gasteiger partial charge is 0.251 e. The number of nitrogens with two attached hydrogens (primary N) is 1. The fourth-order valence-electron chi connectivity index (χ4n) is 3.47. The van der Waals surface area contributed by atoms with Gasteiger partial charge in [-0.15, -0.1) is 0 Å². The molecule has 0 aliphatic rings. The number of rotatable bonds is 6. The summed E-state index contributed by atoms with van der Waals surface area (Å²) < 4.78 is 0. The third kappa shape index (κ3) is 4.78. The first-order chi connectivity index (χ1) is 15.1. The average molecular weight is 448 g/mol. The van der Waals surface area contributed by atoms with Gasteiger partial charge in [-0.2, -0.15) is 13.5 Å². The lowest BCUT2D eigenvalue weighted by Gasteiger charge is -2.16. The van der Waals surface area contributed by atoms with E-state index < -0.39 is 0 Å². The molecule has 4 aromatic rings. The molecule has 0 saturated heterocycles. The van der Waals surface area contributed by atoms with Crippen LogP contribution in [0, 0.1) is 0 Å². The molecule has 1 amide bonds. The Hall–Kier alpha value is -3.72. The second-order valence-electron chi connectivity index (χ2n) is 7.22. The summed E-state index contributed by atoms with van der Waals surface area (Å²) in [7, 11) is 1.63. The van der Waals surface area contributed by atoms with Crippen LogP contribution in [0.25, 0.3) is 22.2 Å². The number of fused-ring (bicyclic) bond motifs is 1. The van der Waals surface area contributed by atoms with Crippen LogP contribution < -0.4 is 16.4 Å². The number of nitrogens with one attached hydrogen (secondary N) is 2. The Morgan fingerprint density at radius 3 is 2.69 bits per heavy atom. The molecule has 164 valence electrons. The number of aromatic nitrogens is 4. The first-order valence-corrected chi connectivity index (χ1v) is 9.94. The number of carbonyl (C=O) groups excluding carboxylic acids is 1. The molecule has 4 N–H and O–H groups in total. The van der Waals surface area contributed by atoms with Gasteiger partial charge < -0.3 is 16.4 Å². The Morgan fingerprint density at radius 2 is 1.94 bits per heavy atom. The molecule has 0 radical (unpaired) electrons. The number of amides is 1. The lowest BCUT2D eigenvalue weighted by Crippen LogP contribution is -2.18. The Balaban J connectivity index is 0.00000289. The van der Waals surface area contributed by atoms with Crippen LogP contribution >= 0.6 is 13.5 Å². The van der Waals surface area contributed by atoms with Crippen LogP contribution in [-0.2, 0) is 0 Å². The fourth-order valence-corrected chi connectivity index (χ4v) is 3.47. The summed E-state index contributed by atoms with van der Waals surface area (Å²) in [5.74, 6) is 1.19. The molecule has 1 aromatic carbocycles. The van der Waals surface area contributed by atoms with Gasteiger partial charge in [-0.3, -0.25) is 9.78 Å². The monoisotopic (exact) mass is 447 g/mol. The minimum absolute atomic E-state index is 0. The van der Waals surface area contributed by atoms with Crippen molar-refractivity contribution in [2.45, 2.75) is 12.8 Å². The molecule has 0 aliphatic heterocycles. The molecule has 3 aromatic heterocycles. The summed E-state index contributed by atoms with van der Waals surface area (Å²) in [6, 6.07) is 13.2. The summed E-state index contributed by atoms with van der Waals surface area (Å²) in [4.78, 5) is 29.5. The molecule has 32 heavy (non-hydrogen) atoms. The van der Waals surface area contributed by atoms with E-state index in [1.54, 1.807) is 31.6 Å². The topological polar surface area (TPSA) is 119 Å². The highest BCUT2D eigenvalue weighted by atomic mass is 32.1.